The second-order valence-corrected chi connectivity index (χ2v) is 7.55. The molecule has 0 unspecified atom stereocenters. The quantitative estimate of drug-likeness (QED) is 0.731. The van der Waals surface area contributed by atoms with Crippen LogP contribution in [0.3, 0.4) is 0 Å². The third-order valence-corrected chi connectivity index (χ3v) is 5.75. The van der Waals surface area contributed by atoms with Crippen molar-refractivity contribution in [2.75, 3.05) is 65.1 Å². The fraction of sp³-hybridized carbons (Fsp3) is 0.571. The minimum atomic E-state index is 0.685. The van der Waals surface area contributed by atoms with Gasteiger partial charge in [0.05, 0.1) is 39.3 Å². The van der Waals surface area contributed by atoms with Crippen molar-refractivity contribution in [2.24, 2.45) is 5.92 Å². The Kier molecular flexibility index (Phi) is 6.41. The van der Waals surface area contributed by atoms with Crippen LogP contribution in [-0.2, 0) is 4.74 Å². The van der Waals surface area contributed by atoms with E-state index in [4.69, 9.17) is 19.2 Å². The average Bonchev–Trinajstić information content (AvgIpc) is 2.80. The molecule has 29 heavy (non-hydrogen) atoms. The lowest BCUT2D eigenvalue weighted by atomic mass is 9.96. The number of rotatable bonds is 6. The van der Waals surface area contributed by atoms with Gasteiger partial charge in [0.25, 0.3) is 0 Å². The summed E-state index contributed by atoms with van der Waals surface area (Å²) in [5, 5.41) is 8.49. The standard InChI is InChI=1S/C21H29N5O3/c1-27-17-3-4-18(20(13-17)28-2)19-14-22-24-21(23-19)26-7-5-16(6-8-26)15-25-9-11-29-12-10-25/h3-4,13-14,16H,5-12,15H2,1-2H3. The first kappa shape index (κ1) is 19.8. The number of piperidine rings is 1. The van der Waals surface area contributed by atoms with E-state index in [1.807, 2.05) is 18.2 Å². The van der Waals surface area contributed by atoms with Crippen LogP contribution in [0.15, 0.2) is 24.4 Å². The van der Waals surface area contributed by atoms with Gasteiger partial charge in [-0.1, -0.05) is 0 Å². The molecule has 2 saturated heterocycles. The second-order valence-electron chi connectivity index (χ2n) is 7.55. The first-order chi connectivity index (χ1) is 14.3. The Morgan fingerprint density at radius 1 is 1.07 bits per heavy atom. The summed E-state index contributed by atoms with van der Waals surface area (Å²) in [7, 11) is 3.29. The van der Waals surface area contributed by atoms with E-state index in [0.29, 0.717) is 11.7 Å². The zero-order valence-corrected chi connectivity index (χ0v) is 17.2. The van der Waals surface area contributed by atoms with E-state index in [1.165, 1.54) is 6.54 Å². The number of hydrogen-bond acceptors (Lipinski definition) is 8. The number of nitrogens with zero attached hydrogens (tertiary/aromatic N) is 5. The highest BCUT2D eigenvalue weighted by atomic mass is 16.5. The number of methoxy groups -OCH3 is 2. The molecular formula is C21H29N5O3. The number of anilines is 1. The monoisotopic (exact) mass is 399 g/mol. The topological polar surface area (TPSA) is 72.8 Å². The Bertz CT molecular complexity index is 805. The normalized spacial score (nSPS) is 18.6. The molecule has 2 aliphatic heterocycles. The van der Waals surface area contributed by atoms with Gasteiger partial charge in [-0.15, -0.1) is 5.10 Å². The Labute approximate surface area is 171 Å². The summed E-state index contributed by atoms with van der Waals surface area (Å²) in [6, 6.07) is 5.70. The first-order valence-electron chi connectivity index (χ1n) is 10.2. The number of aromatic nitrogens is 3. The van der Waals surface area contributed by atoms with Crippen molar-refractivity contribution < 1.29 is 14.2 Å². The van der Waals surface area contributed by atoms with Crippen molar-refractivity contribution >= 4 is 5.95 Å². The molecule has 1 aromatic heterocycles. The van der Waals surface area contributed by atoms with Gasteiger partial charge in [0.15, 0.2) is 0 Å². The minimum absolute atomic E-state index is 0.685. The van der Waals surface area contributed by atoms with E-state index in [9.17, 15) is 0 Å². The van der Waals surface area contributed by atoms with Crippen LogP contribution >= 0.6 is 0 Å². The maximum Gasteiger partial charge on any atom is 0.245 e. The van der Waals surface area contributed by atoms with Crippen molar-refractivity contribution in [3.05, 3.63) is 24.4 Å². The van der Waals surface area contributed by atoms with Crippen LogP contribution in [0.5, 0.6) is 11.5 Å². The van der Waals surface area contributed by atoms with E-state index < -0.39 is 0 Å². The molecule has 4 rings (SSSR count). The summed E-state index contributed by atoms with van der Waals surface area (Å²) in [5.41, 5.74) is 1.64. The smallest absolute Gasteiger partial charge is 0.245 e. The van der Waals surface area contributed by atoms with Gasteiger partial charge < -0.3 is 19.1 Å². The van der Waals surface area contributed by atoms with Crippen LogP contribution < -0.4 is 14.4 Å². The Balaban J connectivity index is 1.42. The van der Waals surface area contributed by atoms with Crippen LogP contribution in [-0.4, -0.2) is 80.2 Å². The molecule has 0 radical (unpaired) electrons. The van der Waals surface area contributed by atoms with Crippen molar-refractivity contribution in [2.45, 2.75) is 12.8 Å². The van der Waals surface area contributed by atoms with Crippen molar-refractivity contribution in [3.63, 3.8) is 0 Å². The second kappa shape index (κ2) is 9.37. The summed E-state index contributed by atoms with van der Waals surface area (Å²) >= 11 is 0. The molecule has 8 nitrogen and oxygen atoms in total. The van der Waals surface area contributed by atoms with Crippen LogP contribution in [0.25, 0.3) is 11.3 Å². The molecule has 0 aliphatic carbocycles. The van der Waals surface area contributed by atoms with Crippen molar-refractivity contribution in [3.8, 4) is 22.8 Å². The molecule has 156 valence electrons. The maximum absolute atomic E-state index is 5.52. The lowest BCUT2D eigenvalue weighted by Gasteiger charge is -2.35. The van der Waals surface area contributed by atoms with E-state index in [0.717, 1.165) is 75.2 Å². The molecule has 2 aromatic rings. The predicted octanol–water partition coefficient (Wildman–Crippen LogP) is 2.10. The SMILES string of the molecule is COc1ccc(-c2cnnc(N3CCC(CN4CCOCC4)CC3)n2)c(OC)c1. The van der Waals surface area contributed by atoms with Crippen molar-refractivity contribution in [1.82, 2.24) is 20.1 Å². The summed E-state index contributed by atoms with van der Waals surface area (Å²) in [5.74, 6) is 2.86. The van der Waals surface area contributed by atoms with Crippen LogP contribution in [0, 0.1) is 5.92 Å². The summed E-state index contributed by atoms with van der Waals surface area (Å²) in [4.78, 5) is 9.54. The molecule has 0 spiro atoms. The van der Waals surface area contributed by atoms with Gasteiger partial charge in [0.2, 0.25) is 5.95 Å². The third-order valence-electron chi connectivity index (χ3n) is 5.75. The molecule has 0 saturated carbocycles. The Morgan fingerprint density at radius 2 is 1.86 bits per heavy atom. The molecule has 0 atom stereocenters. The first-order valence-corrected chi connectivity index (χ1v) is 10.2. The Hall–Kier alpha value is -2.45. The highest BCUT2D eigenvalue weighted by molar-refractivity contribution is 5.68. The lowest BCUT2D eigenvalue weighted by molar-refractivity contribution is 0.0289. The fourth-order valence-electron chi connectivity index (χ4n) is 4.03. The molecule has 1 aromatic carbocycles. The van der Waals surface area contributed by atoms with Gasteiger partial charge >= 0.3 is 0 Å². The van der Waals surface area contributed by atoms with Gasteiger partial charge in [0.1, 0.15) is 11.5 Å². The predicted molar refractivity (Wildman–Crippen MR) is 111 cm³/mol. The Morgan fingerprint density at radius 3 is 2.59 bits per heavy atom. The average molecular weight is 399 g/mol. The number of ether oxygens (including phenoxy) is 3. The molecule has 0 bridgehead atoms. The van der Waals surface area contributed by atoms with E-state index >= 15 is 0 Å². The molecule has 2 fully saturated rings. The summed E-state index contributed by atoms with van der Waals surface area (Å²) in [6.45, 7) is 6.91. The van der Waals surface area contributed by atoms with E-state index in [2.05, 4.69) is 20.0 Å². The highest BCUT2D eigenvalue weighted by Gasteiger charge is 2.24. The molecule has 0 amide bonds. The maximum atomic E-state index is 5.52. The number of morpholine rings is 1. The highest BCUT2D eigenvalue weighted by Crippen LogP contribution is 2.32. The molecule has 8 heteroatoms. The fourth-order valence-corrected chi connectivity index (χ4v) is 4.03. The van der Waals surface area contributed by atoms with Gasteiger partial charge in [-0.2, -0.15) is 5.10 Å². The lowest BCUT2D eigenvalue weighted by Crippen LogP contribution is -2.43. The van der Waals surface area contributed by atoms with E-state index in [1.54, 1.807) is 20.4 Å². The van der Waals surface area contributed by atoms with Crippen LogP contribution in [0.4, 0.5) is 5.95 Å². The number of benzene rings is 1. The van der Waals surface area contributed by atoms with E-state index in [-0.39, 0.29) is 0 Å². The molecule has 3 heterocycles. The molecule has 2 aliphatic rings. The zero-order chi connectivity index (χ0) is 20.1. The zero-order valence-electron chi connectivity index (χ0n) is 17.2. The van der Waals surface area contributed by atoms with Gasteiger partial charge in [0, 0.05) is 44.4 Å². The van der Waals surface area contributed by atoms with Crippen LogP contribution in [0.2, 0.25) is 0 Å². The third kappa shape index (κ3) is 4.76. The van der Waals surface area contributed by atoms with Gasteiger partial charge in [-0.05, 0) is 30.9 Å². The van der Waals surface area contributed by atoms with Gasteiger partial charge in [-0.3, -0.25) is 4.90 Å². The minimum Gasteiger partial charge on any atom is -0.497 e. The largest absolute Gasteiger partial charge is 0.497 e. The number of hydrogen-bond donors (Lipinski definition) is 0. The molecule has 0 N–H and O–H groups in total. The van der Waals surface area contributed by atoms with Crippen LogP contribution in [0.1, 0.15) is 12.8 Å². The summed E-state index contributed by atoms with van der Waals surface area (Å²) < 4.78 is 16.3. The molecular weight excluding hydrogens is 370 g/mol. The van der Waals surface area contributed by atoms with Gasteiger partial charge in [-0.25, -0.2) is 4.98 Å². The van der Waals surface area contributed by atoms with Crippen molar-refractivity contribution in [1.29, 1.82) is 0 Å². The summed E-state index contributed by atoms with van der Waals surface area (Å²) in [6.07, 6.45) is 3.98.